The number of hydrogen-bond donors (Lipinski definition) is 1. The number of nitriles is 1. The van der Waals surface area contributed by atoms with Crippen molar-refractivity contribution in [2.45, 2.75) is 39.0 Å². The van der Waals surface area contributed by atoms with Crippen LogP contribution in [0.5, 0.6) is 5.75 Å². The summed E-state index contributed by atoms with van der Waals surface area (Å²) in [4.78, 5) is 0. The largest absolute Gasteiger partial charge is 0.494 e. The first-order valence-electron chi connectivity index (χ1n) is 8.27. The van der Waals surface area contributed by atoms with Gasteiger partial charge in [0.2, 0.25) is 0 Å². The molecule has 0 aliphatic carbocycles. The van der Waals surface area contributed by atoms with E-state index in [4.69, 9.17) is 10.00 Å². The Hall–Kier alpha value is -2.47. The molecular weight excluding hydrogens is 284 g/mol. The van der Waals surface area contributed by atoms with Crippen molar-refractivity contribution in [2.75, 3.05) is 6.61 Å². The van der Waals surface area contributed by atoms with E-state index in [-0.39, 0.29) is 0 Å². The Bertz CT molecular complexity index is 618. The summed E-state index contributed by atoms with van der Waals surface area (Å²) in [6.07, 6.45) is 13.1. The van der Waals surface area contributed by atoms with Crippen molar-refractivity contribution in [2.24, 2.45) is 0 Å². The molecule has 23 heavy (non-hydrogen) atoms. The summed E-state index contributed by atoms with van der Waals surface area (Å²) in [5.41, 5.74) is 3.07. The van der Waals surface area contributed by atoms with E-state index in [1.807, 2.05) is 42.6 Å². The molecule has 1 aromatic carbocycles. The lowest BCUT2D eigenvalue weighted by Gasteiger charge is -2.13. The number of nitrogens with zero attached hydrogens (tertiary/aromatic N) is 1. The zero-order chi connectivity index (χ0) is 16.3. The van der Waals surface area contributed by atoms with Gasteiger partial charge in [-0.2, -0.15) is 5.26 Å². The highest BCUT2D eigenvalue weighted by atomic mass is 16.5. The topological polar surface area (TPSA) is 45.0 Å². The molecule has 1 aromatic rings. The van der Waals surface area contributed by atoms with Gasteiger partial charge in [-0.15, -0.1) is 0 Å². The molecule has 1 aliphatic rings. The molecule has 0 spiro atoms. The Morgan fingerprint density at radius 1 is 1.17 bits per heavy atom. The van der Waals surface area contributed by atoms with Crippen LogP contribution >= 0.6 is 0 Å². The van der Waals surface area contributed by atoms with Crippen LogP contribution in [-0.4, -0.2) is 6.61 Å². The van der Waals surface area contributed by atoms with Crippen molar-refractivity contribution in [3.63, 3.8) is 0 Å². The van der Waals surface area contributed by atoms with E-state index in [9.17, 15) is 0 Å². The zero-order valence-electron chi connectivity index (χ0n) is 13.7. The highest BCUT2D eigenvalue weighted by Crippen LogP contribution is 2.20. The van der Waals surface area contributed by atoms with Gasteiger partial charge in [0.1, 0.15) is 5.75 Å². The summed E-state index contributed by atoms with van der Waals surface area (Å²) in [5, 5.41) is 12.1. The summed E-state index contributed by atoms with van der Waals surface area (Å²) in [7, 11) is 0. The first-order chi connectivity index (χ1) is 11.3. The van der Waals surface area contributed by atoms with Crippen LogP contribution in [0.3, 0.4) is 0 Å². The normalized spacial score (nSPS) is 15.0. The maximum atomic E-state index is 8.89. The molecule has 1 aliphatic heterocycles. The molecule has 120 valence electrons. The Labute approximate surface area is 139 Å². The number of dihydropyridines is 1. The second kappa shape index (κ2) is 9.53. The summed E-state index contributed by atoms with van der Waals surface area (Å²) < 4.78 is 5.76. The van der Waals surface area contributed by atoms with E-state index >= 15 is 0 Å². The highest BCUT2D eigenvalue weighted by Gasteiger charge is 2.06. The Morgan fingerprint density at radius 3 is 2.74 bits per heavy atom. The molecule has 0 atom stereocenters. The fraction of sp³-hybridized carbons (Fsp3) is 0.350. The van der Waals surface area contributed by atoms with Crippen molar-refractivity contribution in [3.8, 4) is 11.8 Å². The minimum Gasteiger partial charge on any atom is -0.494 e. The van der Waals surface area contributed by atoms with E-state index in [0.717, 1.165) is 35.6 Å². The maximum Gasteiger partial charge on any atom is 0.119 e. The van der Waals surface area contributed by atoms with Gasteiger partial charge in [0, 0.05) is 11.9 Å². The zero-order valence-corrected chi connectivity index (χ0v) is 13.7. The van der Waals surface area contributed by atoms with Crippen LogP contribution in [0.15, 0.2) is 53.9 Å². The summed E-state index contributed by atoms with van der Waals surface area (Å²) >= 11 is 0. The number of allylic oxidation sites excluding steroid dienone is 3. The second-order valence-corrected chi connectivity index (χ2v) is 5.57. The number of nitrogens with one attached hydrogen (secondary N) is 1. The number of hydrogen-bond acceptors (Lipinski definition) is 3. The van der Waals surface area contributed by atoms with Crippen molar-refractivity contribution in [1.29, 1.82) is 5.26 Å². The molecule has 1 heterocycles. The molecule has 1 N–H and O–H groups in total. The number of unbranched alkanes of at least 4 members (excludes halogenated alkanes) is 3. The van der Waals surface area contributed by atoms with E-state index in [0.29, 0.717) is 6.42 Å². The first-order valence-corrected chi connectivity index (χ1v) is 8.27. The van der Waals surface area contributed by atoms with Crippen LogP contribution in [-0.2, 0) is 0 Å². The van der Waals surface area contributed by atoms with Gasteiger partial charge in [-0.25, -0.2) is 0 Å². The molecule has 2 rings (SSSR count). The van der Waals surface area contributed by atoms with Crippen molar-refractivity contribution < 1.29 is 4.74 Å². The third-order valence-corrected chi connectivity index (χ3v) is 3.71. The van der Waals surface area contributed by atoms with Crippen LogP contribution in [0.4, 0.5) is 0 Å². The molecule has 3 heteroatoms. The minimum atomic E-state index is 0.405. The summed E-state index contributed by atoms with van der Waals surface area (Å²) in [5.74, 6) is 0.910. The van der Waals surface area contributed by atoms with Gasteiger partial charge in [-0.3, -0.25) is 0 Å². The van der Waals surface area contributed by atoms with Crippen LogP contribution in [0.25, 0.3) is 6.08 Å². The first kappa shape index (κ1) is 16.9. The van der Waals surface area contributed by atoms with Crippen molar-refractivity contribution in [1.82, 2.24) is 5.32 Å². The Kier molecular flexibility index (Phi) is 7.00. The lowest BCUT2D eigenvalue weighted by Crippen LogP contribution is -2.10. The van der Waals surface area contributed by atoms with E-state index < -0.39 is 0 Å². The molecule has 0 unspecified atom stereocenters. The van der Waals surface area contributed by atoms with Gasteiger partial charge in [-0.1, -0.05) is 44.4 Å². The molecule has 0 aromatic heterocycles. The third-order valence-electron chi connectivity index (χ3n) is 3.71. The third kappa shape index (κ3) is 5.67. The predicted molar refractivity (Wildman–Crippen MR) is 94.6 cm³/mol. The van der Waals surface area contributed by atoms with Crippen LogP contribution in [0.1, 0.15) is 44.6 Å². The second-order valence-electron chi connectivity index (χ2n) is 5.57. The standard InChI is InChI=1S/C20H24N2O/c1-2-3-4-5-15-23-19-10-8-17(9-11-19)16-20-18(12-13-21)7-6-14-22-20/h6-11,14,16,22H,2-5,12,15H2,1H3. The van der Waals surface area contributed by atoms with Crippen molar-refractivity contribution in [3.05, 3.63) is 59.5 Å². The van der Waals surface area contributed by atoms with Gasteiger partial charge in [0.15, 0.2) is 0 Å². The summed E-state index contributed by atoms with van der Waals surface area (Å²) in [6, 6.07) is 10.3. The smallest absolute Gasteiger partial charge is 0.119 e. The molecule has 0 saturated heterocycles. The predicted octanol–water partition coefficient (Wildman–Crippen LogP) is 4.94. The van der Waals surface area contributed by atoms with Crippen molar-refractivity contribution >= 4 is 6.08 Å². The van der Waals surface area contributed by atoms with E-state index in [1.54, 1.807) is 0 Å². The van der Waals surface area contributed by atoms with Crippen LogP contribution in [0, 0.1) is 11.3 Å². The van der Waals surface area contributed by atoms with E-state index in [2.05, 4.69) is 24.4 Å². The van der Waals surface area contributed by atoms with E-state index in [1.165, 1.54) is 19.3 Å². The summed E-state index contributed by atoms with van der Waals surface area (Å²) in [6.45, 7) is 2.99. The monoisotopic (exact) mass is 308 g/mol. The SMILES string of the molecule is CCCCCCOc1ccc(C=C2NC=CC=C2CC#N)cc1. The highest BCUT2D eigenvalue weighted by molar-refractivity contribution is 5.60. The Morgan fingerprint density at radius 2 is 2.00 bits per heavy atom. The maximum absolute atomic E-state index is 8.89. The fourth-order valence-electron chi connectivity index (χ4n) is 2.40. The molecule has 3 nitrogen and oxygen atoms in total. The molecule has 0 bridgehead atoms. The average molecular weight is 308 g/mol. The lowest BCUT2D eigenvalue weighted by molar-refractivity contribution is 0.305. The molecule has 0 saturated carbocycles. The average Bonchev–Trinajstić information content (AvgIpc) is 2.58. The van der Waals surface area contributed by atoms with Crippen LogP contribution in [0.2, 0.25) is 0 Å². The number of benzene rings is 1. The quantitative estimate of drug-likeness (QED) is 0.692. The molecule has 0 radical (unpaired) electrons. The number of rotatable bonds is 8. The minimum absolute atomic E-state index is 0.405. The number of ether oxygens (including phenoxy) is 1. The van der Waals surface area contributed by atoms with Gasteiger partial charge in [-0.05, 0) is 41.8 Å². The van der Waals surface area contributed by atoms with Gasteiger partial charge in [0.05, 0.1) is 19.1 Å². The molecular formula is C20H24N2O. The van der Waals surface area contributed by atoms with Gasteiger partial charge < -0.3 is 10.1 Å². The van der Waals surface area contributed by atoms with Crippen LogP contribution < -0.4 is 10.1 Å². The fourth-order valence-corrected chi connectivity index (χ4v) is 2.40. The molecule has 0 fully saturated rings. The lowest BCUT2D eigenvalue weighted by atomic mass is 10.0. The van der Waals surface area contributed by atoms with Gasteiger partial charge in [0.25, 0.3) is 0 Å². The molecule has 0 amide bonds. The van der Waals surface area contributed by atoms with Gasteiger partial charge >= 0.3 is 0 Å². The Balaban J connectivity index is 1.92.